The number of para-hydroxylation sites is 1. The van der Waals surface area contributed by atoms with Gasteiger partial charge >= 0.3 is 0 Å². The van der Waals surface area contributed by atoms with Crippen molar-refractivity contribution in [1.82, 2.24) is 0 Å². The number of hydrogen-bond donors (Lipinski definition) is 0. The predicted octanol–water partition coefficient (Wildman–Crippen LogP) is 15.8. The second kappa shape index (κ2) is 15.0. The third-order valence-electron chi connectivity index (χ3n) is 11.0. The van der Waals surface area contributed by atoms with E-state index in [1.165, 1.54) is 60.5 Å². The first kappa shape index (κ1) is 34.0. The van der Waals surface area contributed by atoms with Gasteiger partial charge in [0.2, 0.25) is 0 Å². The molecule has 0 heterocycles. The van der Waals surface area contributed by atoms with Crippen LogP contribution in [0.1, 0.15) is 0 Å². The van der Waals surface area contributed by atoms with Crippen LogP contribution in [0.2, 0.25) is 0 Å². The van der Waals surface area contributed by atoms with Crippen LogP contribution in [0.3, 0.4) is 0 Å². The summed E-state index contributed by atoms with van der Waals surface area (Å²) in [5, 5.41) is 4.93. The lowest BCUT2D eigenvalue weighted by atomic mass is 9.85. The van der Waals surface area contributed by atoms with E-state index in [0.29, 0.717) is 0 Å². The lowest BCUT2D eigenvalue weighted by Crippen LogP contribution is -2.12. The number of rotatable bonds is 8. The minimum absolute atomic E-state index is 1.08. The van der Waals surface area contributed by atoms with Crippen LogP contribution in [0.4, 0.5) is 17.1 Å². The quantitative estimate of drug-likeness (QED) is 0.141. The molecule has 0 spiro atoms. The zero-order chi connectivity index (χ0) is 38.0. The third kappa shape index (κ3) is 6.46. The fraction of sp³-hybridized carbons (Fsp3) is 0. The Hall–Kier alpha value is -7.48. The summed E-state index contributed by atoms with van der Waals surface area (Å²) in [6, 6.07) is 85.8. The predicted molar refractivity (Wildman–Crippen MR) is 243 cm³/mol. The summed E-state index contributed by atoms with van der Waals surface area (Å²) in [6.45, 7) is 0. The molecule has 0 unspecified atom stereocenters. The molecule has 57 heavy (non-hydrogen) atoms. The average molecular weight is 726 g/mol. The summed E-state index contributed by atoms with van der Waals surface area (Å²) in [7, 11) is 0. The number of fused-ring (bicyclic) bond motifs is 3. The van der Waals surface area contributed by atoms with E-state index in [0.717, 1.165) is 33.8 Å². The van der Waals surface area contributed by atoms with Crippen LogP contribution in [-0.4, -0.2) is 0 Å². The summed E-state index contributed by atoms with van der Waals surface area (Å²) >= 11 is 0. The summed E-state index contributed by atoms with van der Waals surface area (Å²) < 4.78 is 0. The van der Waals surface area contributed by atoms with Gasteiger partial charge in [-0.3, -0.25) is 0 Å². The van der Waals surface area contributed by atoms with E-state index in [9.17, 15) is 0 Å². The molecule has 0 aliphatic heterocycles. The molecule has 0 aliphatic carbocycles. The zero-order valence-corrected chi connectivity index (χ0v) is 31.5. The molecular weight excluding hydrogens is 687 g/mol. The van der Waals surface area contributed by atoms with E-state index in [4.69, 9.17) is 0 Å². The van der Waals surface area contributed by atoms with Gasteiger partial charge in [-0.25, -0.2) is 0 Å². The second-order valence-electron chi connectivity index (χ2n) is 14.5. The van der Waals surface area contributed by atoms with Crippen molar-refractivity contribution in [2.45, 2.75) is 0 Å². The third-order valence-corrected chi connectivity index (χ3v) is 11.0. The SMILES string of the molecule is c1ccc(-c2cc(-c3ccccc3)cc(N(c3ccc4c(c3)c(-c3ccccc3)c(-c3ccccc3)c3ccccc34)c3ccccc3-c3ccccc3)c2)cc1. The topological polar surface area (TPSA) is 3.24 Å². The van der Waals surface area contributed by atoms with E-state index in [2.05, 4.69) is 241 Å². The largest absolute Gasteiger partial charge is 0.310 e. The molecule has 0 N–H and O–H groups in total. The van der Waals surface area contributed by atoms with Crippen molar-refractivity contribution in [3.8, 4) is 55.6 Å². The smallest absolute Gasteiger partial charge is 0.0540 e. The Morgan fingerprint density at radius 1 is 0.228 bits per heavy atom. The highest BCUT2D eigenvalue weighted by Gasteiger charge is 2.22. The molecule has 10 rings (SSSR count). The summed E-state index contributed by atoms with van der Waals surface area (Å²) in [5.74, 6) is 0. The number of benzene rings is 10. The average Bonchev–Trinajstić information content (AvgIpc) is 3.30. The van der Waals surface area contributed by atoms with Crippen LogP contribution < -0.4 is 4.90 Å². The molecule has 0 aliphatic rings. The first-order chi connectivity index (χ1) is 28.3. The highest BCUT2D eigenvalue weighted by Crippen LogP contribution is 2.48. The molecule has 0 saturated heterocycles. The van der Waals surface area contributed by atoms with Crippen molar-refractivity contribution >= 4 is 38.6 Å². The van der Waals surface area contributed by atoms with Crippen LogP contribution in [0.25, 0.3) is 77.2 Å². The zero-order valence-electron chi connectivity index (χ0n) is 31.5. The molecule has 0 fully saturated rings. The Labute approximate surface area is 334 Å². The number of anilines is 3. The minimum atomic E-state index is 1.08. The molecule has 0 radical (unpaired) electrons. The van der Waals surface area contributed by atoms with E-state index in [1.807, 2.05) is 0 Å². The fourth-order valence-electron chi connectivity index (χ4n) is 8.42. The molecular formula is C56H39N. The fourth-order valence-corrected chi connectivity index (χ4v) is 8.42. The van der Waals surface area contributed by atoms with E-state index in [-0.39, 0.29) is 0 Å². The summed E-state index contributed by atoms with van der Waals surface area (Å²) in [4.78, 5) is 2.47. The highest BCUT2D eigenvalue weighted by molar-refractivity contribution is 6.22. The van der Waals surface area contributed by atoms with Gasteiger partial charge in [0.15, 0.2) is 0 Å². The maximum atomic E-state index is 2.47. The maximum absolute atomic E-state index is 2.47. The Morgan fingerprint density at radius 3 is 1.21 bits per heavy atom. The Balaban J connectivity index is 1.32. The Bertz CT molecular complexity index is 2920. The van der Waals surface area contributed by atoms with Crippen LogP contribution in [0.15, 0.2) is 237 Å². The first-order valence-corrected chi connectivity index (χ1v) is 19.6. The molecule has 0 amide bonds. The molecule has 0 bridgehead atoms. The van der Waals surface area contributed by atoms with Gasteiger partial charge in [-0.1, -0.05) is 200 Å². The molecule has 10 aromatic rings. The van der Waals surface area contributed by atoms with Crippen molar-refractivity contribution in [2.24, 2.45) is 0 Å². The van der Waals surface area contributed by atoms with Crippen molar-refractivity contribution in [2.75, 3.05) is 4.90 Å². The van der Waals surface area contributed by atoms with Gasteiger partial charge in [0.1, 0.15) is 0 Å². The van der Waals surface area contributed by atoms with Crippen LogP contribution in [0, 0.1) is 0 Å². The van der Waals surface area contributed by atoms with E-state index < -0.39 is 0 Å². The molecule has 1 nitrogen and oxygen atoms in total. The first-order valence-electron chi connectivity index (χ1n) is 19.6. The maximum Gasteiger partial charge on any atom is 0.0540 e. The van der Waals surface area contributed by atoms with Crippen molar-refractivity contribution in [3.05, 3.63) is 237 Å². The Kier molecular flexibility index (Phi) is 8.95. The number of hydrogen-bond acceptors (Lipinski definition) is 1. The van der Waals surface area contributed by atoms with Gasteiger partial charge in [0, 0.05) is 16.9 Å². The van der Waals surface area contributed by atoms with Crippen molar-refractivity contribution in [1.29, 1.82) is 0 Å². The van der Waals surface area contributed by atoms with Crippen molar-refractivity contribution < 1.29 is 0 Å². The van der Waals surface area contributed by atoms with Crippen molar-refractivity contribution in [3.63, 3.8) is 0 Å². The second-order valence-corrected chi connectivity index (χ2v) is 14.5. The normalized spacial score (nSPS) is 11.2. The van der Waals surface area contributed by atoms with Gasteiger partial charge < -0.3 is 4.90 Å². The summed E-state index contributed by atoms with van der Waals surface area (Å²) in [5.41, 5.74) is 15.2. The van der Waals surface area contributed by atoms with E-state index >= 15 is 0 Å². The van der Waals surface area contributed by atoms with Gasteiger partial charge in [0.25, 0.3) is 0 Å². The molecule has 1 heteroatoms. The van der Waals surface area contributed by atoms with Gasteiger partial charge in [-0.15, -0.1) is 0 Å². The molecule has 10 aromatic carbocycles. The standard InChI is InChI=1S/C56H39N/c1-6-20-40(21-7-1)45-36-46(41-22-8-2-9-23-41)38-48(37-45)57(54-33-19-18-30-49(54)42-24-10-3-11-25-42)47-34-35-51-50-31-16-17-32-52(50)55(43-26-12-4-13-27-43)56(53(51)39-47)44-28-14-5-15-29-44/h1-39H. The highest BCUT2D eigenvalue weighted by atomic mass is 15.1. The van der Waals surface area contributed by atoms with Gasteiger partial charge in [-0.2, -0.15) is 0 Å². The molecule has 0 aromatic heterocycles. The lowest BCUT2D eigenvalue weighted by Gasteiger charge is -2.30. The molecule has 0 saturated carbocycles. The van der Waals surface area contributed by atoms with Gasteiger partial charge in [-0.05, 0) is 108 Å². The van der Waals surface area contributed by atoms with Crippen LogP contribution in [0.5, 0.6) is 0 Å². The van der Waals surface area contributed by atoms with E-state index in [1.54, 1.807) is 0 Å². The van der Waals surface area contributed by atoms with Crippen LogP contribution >= 0.6 is 0 Å². The Morgan fingerprint density at radius 2 is 0.649 bits per heavy atom. The van der Waals surface area contributed by atoms with Gasteiger partial charge in [0.05, 0.1) is 5.69 Å². The molecule has 0 atom stereocenters. The lowest BCUT2D eigenvalue weighted by molar-refractivity contribution is 1.29. The van der Waals surface area contributed by atoms with Crippen LogP contribution in [-0.2, 0) is 0 Å². The number of nitrogens with zero attached hydrogens (tertiary/aromatic N) is 1. The minimum Gasteiger partial charge on any atom is -0.310 e. The summed E-state index contributed by atoms with van der Waals surface area (Å²) in [6.07, 6.45) is 0. The monoisotopic (exact) mass is 725 g/mol. The molecule has 268 valence electrons.